The van der Waals surface area contributed by atoms with Gasteiger partial charge in [-0.25, -0.2) is 4.98 Å². The summed E-state index contributed by atoms with van der Waals surface area (Å²) in [6, 6.07) is 18.2. The van der Waals surface area contributed by atoms with Crippen molar-refractivity contribution >= 4 is 51.9 Å². The second-order valence-electron chi connectivity index (χ2n) is 16.5. The Bertz CT molecular complexity index is 2530. The number of fused-ring (bicyclic) bond motifs is 2. The molecule has 5 aromatic rings. The second kappa shape index (κ2) is 21.8. The number of hydrogen-bond donors (Lipinski definition) is 3. The van der Waals surface area contributed by atoms with Gasteiger partial charge in [-0.05, 0) is 74.2 Å². The highest BCUT2D eigenvalue weighted by Crippen LogP contribution is 2.33. The number of aryl methyl sites for hydroxylation is 4. The molecule has 0 aliphatic carbocycles. The smallest absolute Gasteiger partial charge is 0.264 e. The van der Waals surface area contributed by atoms with E-state index < -0.39 is 29.7 Å². The number of carbonyl (C=O) groups is 5. The normalized spacial score (nSPS) is 16.6. The van der Waals surface area contributed by atoms with Gasteiger partial charge in [-0.15, -0.1) is 0 Å². The molecule has 5 heterocycles. The molecule has 5 amide bonds. The Morgan fingerprint density at radius 2 is 1.61 bits per heavy atom. The van der Waals surface area contributed by atoms with Crippen molar-refractivity contribution < 1.29 is 47.4 Å². The van der Waals surface area contributed by atoms with Crippen LogP contribution in [0.2, 0.25) is 0 Å². The van der Waals surface area contributed by atoms with Crippen LogP contribution in [0.25, 0.3) is 22.2 Å². The maximum atomic E-state index is 13.2. The number of imidazole rings is 1. The predicted molar refractivity (Wildman–Crippen MR) is 243 cm³/mol. The number of piperidine rings is 1. The topological polar surface area (TPSA) is 209 Å². The first-order chi connectivity index (χ1) is 32.1. The third kappa shape index (κ3) is 11.0. The molecule has 3 aliphatic heterocycles. The van der Waals surface area contributed by atoms with Crippen molar-refractivity contribution in [2.24, 2.45) is 0 Å². The molecule has 3 N–H and O–H groups in total. The van der Waals surface area contributed by atoms with Crippen LogP contribution >= 0.6 is 0 Å². The third-order valence-corrected chi connectivity index (χ3v) is 12.0. The van der Waals surface area contributed by atoms with Crippen LogP contribution in [0.5, 0.6) is 0 Å². The number of anilines is 2. The Hall–Kier alpha value is -6.31. The number of rotatable bonds is 22. The van der Waals surface area contributed by atoms with Crippen LogP contribution in [0.4, 0.5) is 11.4 Å². The van der Waals surface area contributed by atoms with Crippen LogP contribution < -0.4 is 16.0 Å². The first-order valence-electron chi connectivity index (χ1n) is 22.6. The van der Waals surface area contributed by atoms with E-state index in [0.29, 0.717) is 45.3 Å². The lowest BCUT2D eigenvalue weighted by atomic mass is 10.0. The molecule has 3 aromatic carbocycles. The van der Waals surface area contributed by atoms with Crippen molar-refractivity contribution in [3.05, 3.63) is 94.6 Å². The zero-order valence-electron chi connectivity index (χ0n) is 37.4. The van der Waals surface area contributed by atoms with Crippen LogP contribution in [-0.4, -0.2) is 139 Å². The highest BCUT2D eigenvalue weighted by Gasteiger charge is 2.45. The first-order valence-corrected chi connectivity index (χ1v) is 22.6. The van der Waals surface area contributed by atoms with Crippen molar-refractivity contribution in [3.8, 4) is 11.1 Å². The maximum Gasteiger partial charge on any atom is 0.264 e. The van der Waals surface area contributed by atoms with Gasteiger partial charge in [-0.1, -0.05) is 29.4 Å². The fraction of sp³-hybridized carbons (Fsp3) is 0.438. The lowest BCUT2D eigenvalue weighted by molar-refractivity contribution is -0.136. The van der Waals surface area contributed by atoms with Gasteiger partial charge in [-0.2, -0.15) is 0 Å². The van der Waals surface area contributed by atoms with Gasteiger partial charge >= 0.3 is 0 Å². The van der Waals surface area contributed by atoms with Gasteiger partial charge in [0.2, 0.25) is 17.7 Å². The minimum Gasteiger partial charge on any atom is -0.382 e. The zero-order chi connectivity index (χ0) is 46.0. The summed E-state index contributed by atoms with van der Waals surface area (Å²) in [5.41, 5.74) is 7.71. The monoisotopic (exact) mass is 904 g/mol. The first kappa shape index (κ1) is 46.2. The summed E-state index contributed by atoms with van der Waals surface area (Å²) in [7, 11) is 0. The van der Waals surface area contributed by atoms with Gasteiger partial charge < -0.3 is 38.7 Å². The van der Waals surface area contributed by atoms with Crippen LogP contribution in [0, 0.1) is 13.8 Å². The molecule has 2 fully saturated rings. The van der Waals surface area contributed by atoms with Gasteiger partial charge in [0.15, 0.2) is 0 Å². The fourth-order valence-electron chi connectivity index (χ4n) is 8.60. The molecule has 348 valence electrons. The average Bonchev–Trinajstić information content (AvgIpc) is 3.94. The molecule has 1 unspecified atom stereocenters. The highest BCUT2D eigenvalue weighted by atomic mass is 16.5. The van der Waals surface area contributed by atoms with Crippen LogP contribution in [0.15, 0.2) is 65.2 Å². The quantitative estimate of drug-likeness (QED) is 0.0654. The Labute approximate surface area is 382 Å². The standard InChI is InChI=1S/C48H56N8O10/c1-31-44(32(2)66-53-31)34-9-12-39-38(30-34)51-41(55(39)19-18-54-20-24-64-25-21-54)14-8-33-6-10-35(11-7-33)50-43(58)16-22-62-26-28-65-29-27-63-23-17-49-37-5-3-4-36-45(37)48(61)56(47(36)60)40-13-15-42(57)52-46(40)59/h3-7,9-12,30,40,49H,8,13-29H2,1-2H3,(H,50,58)(H,52,57,59). The molecule has 8 rings (SSSR count). The van der Waals surface area contributed by atoms with Gasteiger partial charge in [0.1, 0.15) is 17.6 Å². The maximum absolute atomic E-state index is 13.2. The molecule has 2 aromatic heterocycles. The summed E-state index contributed by atoms with van der Waals surface area (Å²) in [5, 5.41) is 12.4. The Morgan fingerprint density at radius 3 is 2.35 bits per heavy atom. The molecule has 0 spiro atoms. The molecule has 66 heavy (non-hydrogen) atoms. The van der Waals surface area contributed by atoms with Gasteiger partial charge in [0.25, 0.3) is 11.8 Å². The van der Waals surface area contributed by atoms with Crippen molar-refractivity contribution in [2.75, 3.05) is 89.7 Å². The number of hydrogen-bond acceptors (Lipinski definition) is 14. The molecule has 2 saturated heterocycles. The zero-order valence-corrected chi connectivity index (χ0v) is 37.4. The van der Waals surface area contributed by atoms with Crippen LogP contribution in [0.3, 0.4) is 0 Å². The third-order valence-electron chi connectivity index (χ3n) is 12.0. The molecular formula is C48H56N8O10. The molecule has 1 atom stereocenters. The van der Waals surface area contributed by atoms with E-state index in [1.54, 1.807) is 18.2 Å². The Kier molecular flexibility index (Phi) is 15.3. The summed E-state index contributed by atoms with van der Waals surface area (Å²) >= 11 is 0. The van der Waals surface area contributed by atoms with Gasteiger partial charge in [0.05, 0.1) is 87.1 Å². The van der Waals surface area contributed by atoms with E-state index in [4.69, 9.17) is 28.5 Å². The largest absolute Gasteiger partial charge is 0.382 e. The Balaban J connectivity index is 0.706. The number of morpholine rings is 1. The lowest BCUT2D eigenvalue weighted by Crippen LogP contribution is -2.54. The Morgan fingerprint density at radius 1 is 0.848 bits per heavy atom. The van der Waals surface area contributed by atoms with E-state index in [9.17, 15) is 24.0 Å². The van der Waals surface area contributed by atoms with Crippen molar-refractivity contribution in [2.45, 2.75) is 58.5 Å². The summed E-state index contributed by atoms with van der Waals surface area (Å²) in [6.45, 7) is 11.3. The van der Waals surface area contributed by atoms with Crippen LogP contribution in [-0.2, 0) is 52.7 Å². The highest BCUT2D eigenvalue weighted by molar-refractivity contribution is 6.25. The number of nitrogens with one attached hydrogen (secondary N) is 3. The fourth-order valence-corrected chi connectivity index (χ4v) is 8.60. The number of imide groups is 2. The molecule has 18 heteroatoms. The number of nitrogens with zero attached hydrogens (tertiary/aromatic N) is 5. The van der Waals surface area contributed by atoms with E-state index in [0.717, 1.165) is 108 Å². The number of carbonyl (C=O) groups excluding carboxylic acids is 5. The molecule has 0 bridgehead atoms. The van der Waals surface area contributed by atoms with E-state index in [-0.39, 0.29) is 42.9 Å². The molecule has 0 radical (unpaired) electrons. The van der Waals surface area contributed by atoms with Crippen molar-refractivity contribution in [3.63, 3.8) is 0 Å². The molecule has 3 aliphatic rings. The lowest BCUT2D eigenvalue weighted by Gasteiger charge is -2.27. The SMILES string of the molecule is Cc1noc(C)c1-c1ccc2c(c1)nc(CCc1ccc(NC(=O)CCOCCOCCOCCNc3cccc4c3C(=O)N(C3CCC(=O)NC3=O)C4=O)cc1)n2CCN1CCOCC1. The number of aromatic nitrogens is 3. The summed E-state index contributed by atoms with van der Waals surface area (Å²) in [6.07, 6.45) is 1.91. The molecule has 18 nitrogen and oxygen atoms in total. The van der Waals surface area contributed by atoms with Gasteiger partial charge in [0, 0.05) is 62.5 Å². The summed E-state index contributed by atoms with van der Waals surface area (Å²) in [4.78, 5) is 71.4. The van der Waals surface area contributed by atoms with Crippen molar-refractivity contribution in [1.82, 2.24) is 29.8 Å². The number of amides is 5. The summed E-state index contributed by atoms with van der Waals surface area (Å²) in [5.74, 6) is -0.519. The van der Waals surface area contributed by atoms with E-state index >= 15 is 0 Å². The molecular weight excluding hydrogens is 849 g/mol. The predicted octanol–water partition coefficient (Wildman–Crippen LogP) is 4.32. The van der Waals surface area contributed by atoms with Crippen LogP contribution in [0.1, 0.15) is 62.8 Å². The average molecular weight is 905 g/mol. The number of benzene rings is 3. The van der Waals surface area contributed by atoms with E-state index in [2.05, 4.69) is 48.8 Å². The molecule has 0 saturated carbocycles. The van der Waals surface area contributed by atoms with E-state index in [1.165, 1.54) is 0 Å². The number of ether oxygens (including phenoxy) is 4. The van der Waals surface area contributed by atoms with Crippen molar-refractivity contribution in [1.29, 1.82) is 0 Å². The van der Waals surface area contributed by atoms with E-state index in [1.807, 2.05) is 38.1 Å². The second-order valence-corrected chi connectivity index (χ2v) is 16.5. The minimum atomic E-state index is -1.03. The minimum absolute atomic E-state index is 0.0560. The summed E-state index contributed by atoms with van der Waals surface area (Å²) < 4.78 is 30.2. The van der Waals surface area contributed by atoms with Gasteiger partial charge in [-0.3, -0.25) is 39.1 Å².